The molecule has 2 aromatic heterocycles. The van der Waals surface area contributed by atoms with Crippen LogP contribution in [-0.4, -0.2) is 19.5 Å². The number of aromatic nitrogens is 4. The van der Waals surface area contributed by atoms with Gasteiger partial charge in [0.1, 0.15) is 0 Å². The smallest absolute Gasteiger partial charge is 0.238 e. The number of para-hydroxylation sites is 1. The quantitative estimate of drug-likeness (QED) is 0.185. The summed E-state index contributed by atoms with van der Waals surface area (Å²) < 4.78 is 18.0. The van der Waals surface area contributed by atoms with Crippen LogP contribution < -0.4 is 15.9 Å². The second-order valence-electron chi connectivity index (χ2n) is 11.6. The van der Waals surface area contributed by atoms with Crippen molar-refractivity contribution in [3.05, 3.63) is 164 Å². The van der Waals surface area contributed by atoms with E-state index in [1.165, 1.54) is 0 Å². The SMILES string of the molecule is O=P1(c2ccccc2)c2ccccc2-c2c(n(-c3nc(-c4ccccc4)nc(-c4ccccc4)n3)c3ccccc23)-c2ccccc21. The van der Waals surface area contributed by atoms with Crippen molar-refractivity contribution in [3.63, 3.8) is 0 Å². The van der Waals surface area contributed by atoms with Crippen molar-refractivity contribution in [3.8, 4) is 51.1 Å². The predicted molar refractivity (Wildman–Crippen MR) is 191 cm³/mol. The van der Waals surface area contributed by atoms with Gasteiger partial charge in [-0.05, 0) is 11.6 Å². The van der Waals surface area contributed by atoms with Crippen LogP contribution in [0.1, 0.15) is 0 Å². The lowest BCUT2D eigenvalue weighted by Crippen LogP contribution is -2.26. The summed E-state index contributed by atoms with van der Waals surface area (Å²) >= 11 is 0. The van der Waals surface area contributed by atoms with Gasteiger partial charge in [0.25, 0.3) is 0 Å². The molecule has 5 nitrogen and oxygen atoms in total. The molecule has 0 saturated carbocycles. The molecule has 47 heavy (non-hydrogen) atoms. The van der Waals surface area contributed by atoms with E-state index in [2.05, 4.69) is 34.9 Å². The normalized spacial score (nSPS) is 15.0. The molecule has 1 atom stereocenters. The van der Waals surface area contributed by atoms with Crippen molar-refractivity contribution in [2.45, 2.75) is 0 Å². The summed E-state index contributed by atoms with van der Waals surface area (Å²) in [6.07, 6.45) is 0. The van der Waals surface area contributed by atoms with Gasteiger partial charge in [0.05, 0.1) is 11.2 Å². The monoisotopic (exact) mass is 622 g/mol. The molecule has 3 heterocycles. The Balaban J connectivity index is 1.44. The van der Waals surface area contributed by atoms with Gasteiger partial charge in [0, 0.05) is 43.6 Å². The highest BCUT2D eigenvalue weighted by molar-refractivity contribution is 7.85. The minimum absolute atomic E-state index is 0.499. The Morgan fingerprint density at radius 2 is 0.957 bits per heavy atom. The molecule has 0 radical (unpaired) electrons. The molecule has 0 N–H and O–H groups in total. The summed E-state index contributed by atoms with van der Waals surface area (Å²) in [6.45, 7) is 0. The Morgan fingerprint density at radius 3 is 1.60 bits per heavy atom. The van der Waals surface area contributed by atoms with Gasteiger partial charge in [-0.15, -0.1) is 0 Å². The maximum atomic E-state index is 15.9. The van der Waals surface area contributed by atoms with Gasteiger partial charge in [-0.2, -0.15) is 9.97 Å². The maximum absolute atomic E-state index is 15.9. The summed E-state index contributed by atoms with van der Waals surface area (Å²) in [4.78, 5) is 15.3. The van der Waals surface area contributed by atoms with E-state index in [0.717, 1.165) is 60.3 Å². The zero-order valence-corrected chi connectivity index (χ0v) is 26.1. The molecule has 0 bridgehead atoms. The lowest BCUT2D eigenvalue weighted by atomic mass is 9.98. The second kappa shape index (κ2) is 10.9. The number of hydrogen-bond acceptors (Lipinski definition) is 4. The Labute approximate surface area is 272 Å². The van der Waals surface area contributed by atoms with Crippen molar-refractivity contribution in [2.24, 2.45) is 0 Å². The average Bonchev–Trinajstić information content (AvgIpc) is 3.46. The van der Waals surface area contributed by atoms with E-state index in [0.29, 0.717) is 17.6 Å². The van der Waals surface area contributed by atoms with E-state index < -0.39 is 7.14 Å². The highest BCUT2D eigenvalue weighted by atomic mass is 31.2. The standard InChI is InChI=1S/C41H27N4OP/c46-47(30-20-8-3-9-21-30)35-26-14-11-23-32(35)37-31-22-10-13-25-34(31)45(38(37)33-24-12-15-27-36(33)47)41-43-39(28-16-4-1-5-17-28)42-40(44-41)29-18-6-2-7-19-29/h1-27H. The zero-order valence-electron chi connectivity index (χ0n) is 25.2. The van der Waals surface area contributed by atoms with E-state index in [1.54, 1.807) is 0 Å². The van der Waals surface area contributed by atoms with Crippen LogP contribution in [0.5, 0.6) is 0 Å². The van der Waals surface area contributed by atoms with Crippen LogP contribution in [0, 0.1) is 0 Å². The third-order valence-corrected chi connectivity index (χ3v) is 12.1. The van der Waals surface area contributed by atoms with E-state index in [-0.39, 0.29) is 0 Å². The van der Waals surface area contributed by atoms with Crippen molar-refractivity contribution in [1.29, 1.82) is 0 Å². The lowest BCUT2D eigenvalue weighted by molar-refractivity contribution is 0.592. The molecule has 0 saturated heterocycles. The number of fused-ring (bicyclic) bond motifs is 7. The van der Waals surface area contributed by atoms with E-state index in [1.807, 2.05) is 133 Å². The number of nitrogens with zero attached hydrogens (tertiary/aromatic N) is 4. The first kappa shape index (κ1) is 27.4. The molecule has 0 spiro atoms. The fourth-order valence-electron chi connectivity index (χ4n) is 6.83. The van der Waals surface area contributed by atoms with E-state index in [9.17, 15) is 0 Å². The van der Waals surface area contributed by atoms with Crippen LogP contribution >= 0.6 is 7.14 Å². The Kier molecular flexibility index (Phi) is 6.34. The van der Waals surface area contributed by atoms with Crippen LogP contribution in [-0.2, 0) is 4.57 Å². The van der Waals surface area contributed by atoms with E-state index in [4.69, 9.17) is 15.0 Å². The van der Waals surface area contributed by atoms with Gasteiger partial charge in [-0.25, -0.2) is 4.98 Å². The molecule has 6 heteroatoms. The molecule has 9 rings (SSSR count). The Morgan fingerprint density at radius 1 is 0.468 bits per heavy atom. The van der Waals surface area contributed by atoms with Crippen molar-refractivity contribution >= 4 is 34.0 Å². The third-order valence-electron chi connectivity index (χ3n) is 8.89. The summed E-state index contributed by atoms with van der Waals surface area (Å²) in [5, 5.41) is 3.46. The molecule has 0 aliphatic carbocycles. The van der Waals surface area contributed by atoms with Crippen molar-refractivity contribution < 1.29 is 4.57 Å². The molecule has 0 amide bonds. The van der Waals surface area contributed by atoms with Crippen LogP contribution in [0.15, 0.2) is 164 Å². The molecule has 1 unspecified atom stereocenters. The molecular formula is C41H27N4OP. The molecule has 1 aliphatic rings. The van der Waals surface area contributed by atoms with Gasteiger partial charge in [0.2, 0.25) is 5.95 Å². The van der Waals surface area contributed by atoms with Crippen molar-refractivity contribution in [2.75, 3.05) is 0 Å². The molecule has 8 aromatic rings. The first-order chi connectivity index (χ1) is 23.2. The number of rotatable bonds is 4. The van der Waals surface area contributed by atoms with Gasteiger partial charge >= 0.3 is 0 Å². The minimum Gasteiger partial charge on any atom is -0.309 e. The third kappa shape index (κ3) is 4.25. The average molecular weight is 623 g/mol. The summed E-state index contributed by atoms with van der Waals surface area (Å²) in [5.41, 5.74) is 6.52. The van der Waals surface area contributed by atoms with Crippen LogP contribution in [0.25, 0.3) is 62.0 Å². The first-order valence-electron chi connectivity index (χ1n) is 15.6. The number of benzene rings is 6. The van der Waals surface area contributed by atoms with Crippen LogP contribution in [0.3, 0.4) is 0 Å². The molecule has 1 aliphatic heterocycles. The molecule has 222 valence electrons. The van der Waals surface area contributed by atoms with Gasteiger partial charge in [-0.1, -0.05) is 158 Å². The van der Waals surface area contributed by atoms with Gasteiger partial charge in [0.15, 0.2) is 18.8 Å². The Bertz CT molecular complexity index is 2430. The van der Waals surface area contributed by atoms with Crippen molar-refractivity contribution in [1.82, 2.24) is 19.5 Å². The topological polar surface area (TPSA) is 60.7 Å². The second-order valence-corrected chi connectivity index (χ2v) is 14.3. The zero-order chi connectivity index (χ0) is 31.4. The summed E-state index contributed by atoms with van der Waals surface area (Å²) in [5.74, 6) is 1.66. The largest absolute Gasteiger partial charge is 0.309 e. The lowest BCUT2D eigenvalue weighted by Gasteiger charge is -2.22. The molecule has 6 aromatic carbocycles. The van der Waals surface area contributed by atoms with Gasteiger partial charge in [-0.3, -0.25) is 4.57 Å². The molecule has 0 fully saturated rings. The fraction of sp³-hybridized carbons (Fsp3) is 0. The fourth-order valence-corrected chi connectivity index (χ4v) is 9.87. The summed E-state index contributed by atoms with van der Waals surface area (Å²) in [6, 6.07) is 54.5. The first-order valence-corrected chi connectivity index (χ1v) is 17.3. The predicted octanol–water partition coefficient (Wildman–Crippen LogP) is 8.44. The van der Waals surface area contributed by atoms with Gasteiger partial charge < -0.3 is 4.57 Å². The van der Waals surface area contributed by atoms with Crippen LogP contribution in [0.2, 0.25) is 0 Å². The number of hydrogen-bond donors (Lipinski definition) is 0. The summed E-state index contributed by atoms with van der Waals surface area (Å²) in [7, 11) is -3.31. The molecular weight excluding hydrogens is 595 g/mol. The van der Waals surface area contributed by atoms with E-state index >= 15 is 4.57 Å². The minimum atomic E-state index is -3.31. The highest BCUT2D eigenvalue weighted by Gasteiger charge is 2.40. The van der Waals surface area contributed by atoms with Crippen LogP contribution in [0.4, 0.5) is 0 Å². The maximum Gasteiger partial charge on any atom is 0.238 e. The highest BCUT2D eigenvalue weighted by Crippen LogP contribution is 2.54. The Hall–Kier alpha value is -5.90.